The molecule has 30 heavy (non-hydrogen) atoms. The third kappa shape index (κ3) is 7.75. The maximum Gasteiger partial charge on any atom is 0.407 e. The van der Waals surface area contributed by atoms with E-state index in [1.54, 1.807) is 24.3 Å². The molecule has 0 aliphatic heterocycles. The second-order valence-electron chi connectivity index (χ2n) is 6.47. The molecule has 0 radical (unpaired) electrons. The Morgan fingerprint density at radius 3 is 2.27 bits per heavy atom. The van der Waals surface area contributed by atoms with E-state index in [1.165, 1.54) is 7.11 Å². The number of benzene rings is 2. The van der Waals surface area contributed by atoms with Crippen LogP contribution in [0.1, 0.15) is 30.0 Å². The van der Waals surface area contributed by atoms with Gasteiger partial charge in [-0.2, -0.15) is 0 Å². The molecule has 2 amide bonds. The number of carbonyl (C=O) groups excluding carboxylic acids is 3. The molecular formula is C22H25ClN2O5. The predicted molar refractivity (Wildman–Crippen MR) is 113 cm³/mol. The first-order chi connectivity index (χ1) is 14.5. The van der Waals surface area contributed by atoms with Crippen molar-refractivity contribution >= 4 is 29.6 Å². The van der Waals surface area contributed by atoms with Crippen molar-refractivity contribution < 1.29 is 23.9 Å². The van der Waals surface area contributed by atoms with Gasteiger partial charge in [0.1, 0.15) is 6.61 Å². The first-order valence-electron chi connectivity index (χ1n) is 9.52. The molecule has 0 heterocycles. The Morgan fingerprint density at radius 1 is 1.00 bits per heavy atom. The summed E-state index contributed by atoms with van der Waals surface area (Å²) >= 11 is 6.20. The number of amides is 2. The Labute approximate surface area is 180 Å². The fourth-order valence-corrected chi connectivity index (χ4v) is 2.99. The predicted octanol–water partition coefficient (Wildman–Crippen LogP) is 3.33. The van der Waals surface area contributed by atoms with Crippen molar-refractivity contribution in [2.45, 2.75) is 30.9 Å². The number of alkyl carbamates (subject to hydrolysis) is 1. The molecule has 2 aromatic carbocycles. The van der Waals surface area contributed by atoms with Crippen molar-refractivity contribution in [2.75, 3.05) is 13.7 Å². The highest BCUT2D eigenvalue weighted by Gasteiger charge is 2.29. The normalized spacial score (nSPS) is 12.3. The molecule has 2 atom stereocenters. The second-order valence-corrected chi connectivity index (χ2v) is 6.94. The first-order valence-corrected chi connectivity index (χ1v) is 9.95. The van der Waals surface area contributed by atoms with Crippen molar-refractivity contribution in [3.63, 3.8) is 0 Å². The molecule has 0 aromatic heterocycles. The number of halogens is 1. The minimum absolute atomic E-state index is 0.146. The van der Waals surface area contributed by atoms with Crippen LogP contribution < -0.4 is 10.6 Å². The lowest BCUT2D eigenvalue weighted by Crippen LogP contribution is -2.38. The van der Waals surface area contributed by atoms with Crippen LogP contribution in [-0.2, 0) is 25.7 Å². The minimum atomic E-state index is -1.06. The molecule has 2 rings (SSSR count). The molecule has 0 bridgehead atoms. The number of alkyl halides is 1. The molecule has 0 spiro atoms. The molecule has 160 valence electrons. The zero-order valence-corrected chi connectivity index (χ0v) is 17.4. The first kappa shape index (κ1) is 23.2. The van der Waals surface area contributed by atoms with Crippen molar-refractivity contribution in [3.05, 3.63) is 71.8 Å². The average Bonchev–Trinajstić information content (AvgIpc) is 2.79. The lowest BCUT2D eigenvalue weighted by molar-refractivity contribution is -0.141. The number of ether oxygens (including phenoxy) is 2. The van der Waals surface area contributed by atoms with Crippen LogP contribution in [0.3, 0.4) is 0 Å². The summed E-state index contributed by atoms with van der Waals surface area (Å²) in [5, 5.41) is 4.31. The van der Waals surface area contributed by atoms with Crippen molar-refractivity contribution in [1.82, 2.24) is 10.6 Å². The van der Waals surface area contributed by atoms with Crippen LogP contribution in [0.15, 0.2) is 60.7 Å². The molecule has 0 aliphatic rings. The lowest BCUT2D eigenvalue weighted by atomic mass is 10.0. The number of esters is 1. The van der Waals surface area contributed by atoms with Gasteiger partial charge in [-0.1, -0.05) is 60.7 Å². The van der Waals surface area contributed by atoms with Crippen LogP contribution in [-0.4, -0.2) is 37.0 Å². The van der Waals surface area contributed by atoms with Gasteiger partial charge in [-0.05, 0) is 17.5 Å². The second kappa shape index (κ2) is 12.5. The number of hydrogen-bond acceptors (Lipinski definition) is 5. The van der Waals surface area contributed by atoms with E-state index < -0.39 is 23.5 Å². The summed E-state index contributed by atoms with van der Waals surface area (Å²) in [7, 11) is 1.24. The summed E-state index contributed by atoms with van der Waals surface area (Å²) in [5.41, 5.74) is 1.58. The van der Waals surface area contributed by atoms with Crippen molar-refractivity contribution in [2.24, 2.45) is 0 Å². The van der Waals surface area contributed by atoms with Gasteiger partial charge in [0, 0.05) is 13.0 Å². The molecule has 0 unspecified atom stereocenters. The number of hydrogen-bond donors (Lipinski definition) is 2. The van der Waals surface area contributed by atoms with E-state index in [4.69, 9.17) is 21.1 Å². The number of methoxy groups -OCH3 is 1. The summed E-state index contributed by atoms with van der Waals surface area (Å²) in [6, 6.07) is 17.6. The number of nitrogens with one attached hydrogen (secondary N) is 2. The SMILES string of the molecule is COC(=O)[C@@H](Cl)[C@@H](NC(=O)CCCNC(=O)OCc1ccccc1)c1ccccc1. The van der Waals surface area contributed by atoms with Crippen molar-refractivity contribution in [3.8, 4) is 0 Å². The number of rotatable bonds is 10. The Hall–Kier alpha value is -3.06. The van der Waals surface area contributed by atoms with Gasteiger partial charge >= 0.3 is 12.1 Å². The molecule has 8 heteroatoms. The summed E-state index contributed by atoms with van der Waals surface area (Å²) < 4.78 is 9.80. The third-order valence-electron chi connectivity index (χ3n) is 4.26. The molecule has 0 fully saturated rings. The van der Waals surface area contributed by atoms with Gasteiger partial charge in [0.2, 0.25) is 5.91 Å². The van der Waals surface area contributed by atoms with Crippen LogP contribution in [0.5, 0.6) is 0 Å². The van der Waals surface area contributed by atoms with Gasteiger partial charge in [0.05, 0.1) is 13.2 Å². The average molecular weight is 433 g/mol. The highest BCUT2D eigenvalue weighted by atomic mass is 35.5. The van der Waals surface area contributed by atoms with Gasteiger partial charge in [-0.25, -0.2) is 4.79 Å². The molecule has 2 aromatic rings. The fraction of sp³-hybridized carbons (Fsp3) is 0.318. The summed E-state index contributed by atoms with van der Waals surface area (Å²) in [6.07, 6.45) is -0.000551. The monoisotopic (exact) mass is 432 g/mol. The molecule has 7 nitrogen and oxygen atoms in total. The van der Waals surface area contributed by atoms with Crippen LogP contribution >= 0.6 is 11.6 Å². The Morgan fingerprint density at radius 2 is 1.63 bits per heavy atom. The Kier molecular flexibility index (Phi) is 9.67. The van der Waals surface area contributed by atoms with E-state index in [0.29, 0.717) is 12.0 Å². The fourth-order valence-electron chi connectivity index (χ4n) is 2.69. The molecule has 0 saturated heterocycles. The Bertz CT molecular complexity index is 817. The molecule has 0 aliphatic carbocycles. The smallest absolute Gasteiger partial charge is 0.407 e. The van der Waals surface area contributed by atoms with Gasteiger partial charge in [-0.15, -0.1) is 11.6 Å². The minimum Gasteiger partial charge on any atom is -0.468 e. The summed E-state index contributed by atoms with van der Waals surface area (Å²) in [4.78, 5) is 35.9. The number of carbonyl (C=O) groups is 3. The van der Waals surface area contributed by atoms with E-state index in [0.717, 1.165) is 5.56 Å². The van der Waals surface area contributed by atoms with Crippen LogP contribution in [0.25, 0.3) is 0 Å². The summed E-state index contributed by atoms with van der Waals surface area (Å²) in [5.74, 6) is -0.925. The zero-order valence-electron chi connectivity index (χ0n) is 16.7. The quantitative estimate of drug-likeness (QED) is 0.341. The molecular weight excluding hydrogens is 408 g/mol. The summed E-state index contributed by atoms with van der Waals surface area (Å²) in [6.45, 7) is 0.453. The lowest BCUT2D eigenvalue weighted by Gasteiger charge is -2.22. The maximum atomic E-state index is 12.3. The van der Waals surface area contributed by atoms with Crippen molar-refractivity contribution in [1.29, 1.82) is 0 Å². The van der Waals surface area contributed by atoms with E-state index in [1.807, 2.05) is 36.4 Å². The third-order valence-corrected chi connectivity index (χ3v) is 4.69. The van der Waals surface area contributed by atoms with Crippen LogP contribution in [0, 0.1) is 0 Å². The van der Waals surface area contributed by atoms with Gasteiger partial charge in [0.15, 0.2) is 5.38 Å². The van der Waals surface area contributed by atoms with Gasteiger partial charge < -0.3 is 20.1 Å². The zero-order chi connectivity index (χ0) is 21.8. The highest BCUT2D eigenvalue weighted by molar-refractivity contribution is 6.30. The maximum absolute atomic E-state index is 12.3. The van der Waals surface area contributed by atoms with E-state index in [2.05, 4.69) is 10.6 Å². The van der Waals surface area contributed by atoms with E-state index in [-0.39, 0.29) is 25.5 Å². The van der Waals surface area contributed by atoms with E-state index in [9.17, 15) is 14.4 Å². The van der Waals surface area contributed by atoms with Gasteiger partial charge in [-0.3, -0.25) is 9.59 Å². The van der Waals surface area contributed by atoms with Crippen LogP contribution in [0.2, 0.25) is 0 Å². The van der Waals surface area contributed by atoms with Crippen LogP contribution in [0.4, 0.5) is 4.79 Å². The standard InChI is InChI=1S/C22H25ClN2O5/c1-29-21(27)19(23)20(17-11-6-3-7-12-17)25-18(26)13-8-14-24-22(28)30-15-16-9-4-2-5-10-16/h2-7,9-12,19-20H,8,13-15H2,1H3,(H,24,28)(H,25,26)/t19-,20-/m0/s1. The van der Waals surface area contributed by atoms with Gasteiger partial charge in [0.25, 0.3) is 0 Å². The topological polar surface area (TPSA) is 93.7 Å². The van der Waals surface area contributed by atoms with E-state index >= 15 is 0 Å². The Balaban J connectivity index is 1.76. The largest absolute Gasteiger partial charge is 0.468 e. The molecule has 2 N–H and O–H groups in total. The molecule has 0 saturated carbocycles. The highest BCUT2D eigenvalue weighted by Crippen LogP contribution is 2.22.